The first kappa shape index (κ1) is 28.2. The Morgan fingerprint density at radius 2 is 2.10 bits per heavy atom. The number of carboxylic acid groups (broad SMARTS) is 1. The van der Waals surface area contributed by atoms with Gasteiger partial charge in [-0.3, -0.25) is 14.5 Å². The maximum atomic E-state index is 13.2. The SMILES string of the molecule is NCCCn1nnnc1SCC1=C(C(=O)O)N2C(=O)C(NC(=O)/C(=N/OC3CCCC3)c3nsc(N)n3)C2SC1. The lowest BCUT2D eigenvalue weighted by Gasteiger charge is -2.49. The van der Waals surface area contributed by atoms with Gasteiger partial charge in [-0.2, -0.15) is 9.36 Å². The zero-order valence-electron chi connectivity index (χ0n) is 21.1. The normalized spacial score (nSPS) is 21.4. The van der Waals surface area contributed by atoms with Crippen molar-refractivity contribution < 1.29 is 24.3 Å². The highest BCUT2D eigenvalue weighted by atomic mass is 32.2. The van der Waals surface area contributed by atoms with Crippen molar-refractivity contribution in [2.45, 2.75) is 61.3 Å². The van der Waals surface area contributed by atoms with E-state index in [1.165, 1.54) is 28.4 Å². The molecule has 1 aliphatic carbocycles. The predicted molar refractivity (Wildman–Crippen MR) is 146 cm³/mol. The molecule has 2 unspecified atom stereocenters. The van der Waals surface area contributed by atoms with Gasteiger partial charge in [0.1, 0.15) is 23.2 Å². The second-order valence-electron chi connectivity index (χ2n) is 9.14. The molecule has 2 amide bonds. The summed E-state index contributed by atoms with van der Waals surface area (Å²) in [6.07, 6.45) is 4.26. The number of hydrogen-bond donors (Lipinski definition) is 4. The second-order valence-corrected chi connectivity index (χ2v) is 12.0. The van der Waals surface area contributed by atoms with Crippen molar-refractivity contribution >= 4 is 63.7 Å². The van der Waals surface area contributed by atoms with Crippen LogP contribution in [0.4, 0.5) is 5.13 Å². The van der Waals surface area contributed by atoms with Crippen molar-refractivity contribution in [3.8, 4) is 0 Å². The summed E-state index contributed by atoms with van der Waals surface area (Å²) in [6, 6.07) is -0.961. The van der Waals surface area contributed by atoms with Crippen molar-refractivity contribution in [2.24, 2.45) is 10.9 Å². The van der Waals surface area contributed by atoms with E-state index < -0.39 is 29.2 Å². The predicted octanol–water partition coefficient (Wildman–Crippen LogP) is -0.350. The van der Waals surface area contributed by atoms with Crippen LogP contribution in [0, 0.1) is 0 Å². The molecule has 0 radical (unpaired) electrons. The van der Waals surface area contributed by atoms with E-state index in [1.54, 1.807) is 4.68 Å². The monoisotopic (exact) mass is 609 g/mol. The molecule has 16 nitrogen and oxygen atoms in total. The Balaban J connectivity index is 1.28. The number of nitrogens with two attached hydrogens (primary N) is 2. The molecule has 0 bridgehead atoms. The third-order valence-corrected chi connectivity index (χ3v) is 9.37. The molecule has 2 aromatic rings. The minimum atomic E-state index is -1.23. The molecule has 1 saturated carbocycles. The van der Waals surface area contributed by atoms with Crippen LogP contribution in [0.5, 0.6) is 0 Å². The van der Waals surface area contributed by atoms with Crippen LogP contribution >= 0.6 is 35.1 Å². The van der Waals surface area contributed by atoms with Crippen molar-refractivity contribution in [3.63, 3.8) is 0 Å². The van der Waals surface area contributed by atoms with Crippen LogP contribution in [-0.4, -0.2) is 98.6 Å². The van der Waals surface area contributed by atoms with Crippen molar-refractivity contribution in [1.29, 1.82) is 0 Å². The number of carbonyl (C=O) groups is 3. The fraction of sp³-hybridized carbons (Fsp3) is 0.571. The molecule has 0 aromatic carbocycles. The maximum absolute atomic E-state index is 13.2. The van der Waals surface area contributed by atoms with Gasteiger partial charge in [0.2, 0.25) is 16.7 Å². The van der Waals surface area contributed by atoms with Gasteiger partial charge in [-0.25, -0.2) is 9.48 Å². The fourth-order valence-corrected chi connectivity index (χ4v) is 7.30. The molecule has 3 aliphatic rings. The number of aromatic nitrogens is 6. The second kappa shape index (κ2) is 12.5. The van der Waals surface area contributed by atoms with E-state index in [4.69, 9.17) is 16.3 Å². The highest BCUT2D eigenvalue weighted by Crippen LogP contribution is 2.41. The first-order chi connectivity index (χ1) is 19.4. The van der Waals surface area contributed by atoms with Crippen LogP contribution in [-0.2, 0) is 25.8 Å². The summed E-state index contributed by atoms with van der Waals surface area (Å²) >= 11 is 3.55. The number of amides is 2. The number of carbonyl (C=O) groups excluding carboxylic acids is 2. The Morgan fingerprint density at radius 3 is 2.80 bits per heavy atom. The molecule has 19 heteroatoms. The van der Waals surface area contributed by atoms with Gasteiger partial charge in [-0.15, -0.1) is 16.9 Å². The van der Waals surface area contributed by atoms with Crippen LogP contribution < -0.4 is 16.8 Å². The van der Waals surface area contributed by atoms with Gasteiger partial charge in [-0.05, 0) is 54.6 Å². The molecule has 2 aromatic heterocycles. The summed E-state index contributed by atoms with van der Waals surface area (Å²) in [5, 5.41) is 28.4. The van der Waals surface area contributed by atoms with E-state index >= 15 is 0 Å². The Morgan fingerprint density at radius 1 is 1.30 bits per heavy atom. The summed E-state index contributed by atoms with van der Waals surface area (Å²) in [6.45, 7) is 1.03. The maximum Gasteiger partial charge on any atom is 0.352 e. The molecular formula is C21H27N11O5S3. The third kappa shape index (κ3) is 5.91. The number of anilines is 1. The molecule has 2 atom stereocenters. The average Bonchev–Trinajstić information content (AvgIpc) is 3.71. The number of aliphatic carboxylic acids is 1. The lowest BCUT2D eigenvalue weighted by atomic mass is 10.0. The van der Waals surface area contributed by atoms with Gasteiger partial charge in [0.05, 0.1) is 0 Å². The van der Waals surface area contributed by atoms with E-state index in [0.29, 0.717) is 36.0 Å². The molecule has 2 aliphatic heterocycles. The largest absolute Gasteiger partial charge is 0.477 e. The number of nitrogens with zero attached hydrogens (tertiary/aromatic N) is 8. The number of nitrogens with one attached hydrogen (secondary N) is 1. The highest BCUT2D eigenvalue weighted by molar-refractivity contribution is 8.01. The van der Waals surface area contributed by atoms with Crippen LogP contribution in [0.1, 0.15) is 37.9 Å². The van der Waals surface area contributed by atoms with E-state index in [1.807, 2.05) is 0 Å². The number of carboxylic acids is 1. The number of hydrogen-bond acceptors (Lipinski definition) is 15. The number of aryl methyl sites for hydroxylation is 1. The summed E-state index contributed by atoms with van der Waals surface area (Å²) < 4.78 is 5.68. The Hall–Kier alpha value is -3.29. The summed E-state index contributed by atoms with van der Waals surface area (Å²) in [5.74, 6) is -1.86. The summed E-state index contributed by atoms with van der Waals surface area (Å²) in [7, 11) is 0. The molecule has 2 fully saturated rings. The van der Waals surface area contributed by atoms with Crippen LogP contribution in [0.2, 0.25) is 0 Å². The molecule has 0 spiro atoms. The van der Waals surface area contributed by atoms with Gasteiger partial charge in [0.25, 0.3) is 11.8 Å². The number of tetrazole rings is 1. The lowest BCUT2D eigenvalue weighted by Crippen LogP contribution is -2.71. The van der Waals surface area contributed by atoms with Gasteiger partial charge in [0.15, 0.2) is 5.13 Å². The van der Waals surface area contributed by atoms with Crippen LogP contribution in [0.3, 0.4) is 0 Å². The number of thioether (sulfide) groups is 2. The van der Waals surface area contributed by atoms with E-state index in [-0.39, 0.29) is 34.2 Å². The smallest absolute Gasteiger partial charge is 0.352 e. The Kier molecular flexibility index (Phi) is 8.81. The molecule has 40 heavy (non-hydrogen) atoms. The molecule has 6 N–H and O–H groups in total. The highest BCUT2D eigenvalue weighted by Gasteiger charge is 2.54. The number of rotatable bonds is 12. The number of fused-ring (bicyclic) bond motifs is 1. The van der Waals surface area contributed by atoms with E-state index in [2.05, 4.69) is 35.4 Å². The van der Waals surface area contributed by atoms with Crippen LogP contribution in [0.15, 0.2) is 21.6 Å². The molecular weight excluding hydrogens is 583 g/mol. The number of β-lactam (4-membered cyclic amide) rings is 1. The minimum absolute atomic E-state index is 0.00263. The van der Waals surface area contributed by atoms with Crippen molar-refractivity contribution in [3.05, 3.63) is 17.1 Å². The first-order valence-electron chi connectivity index (χ1n) is 12.5. The van der Waals surface area contributed by atoms with E-state index in [9.17, 15) is 19.5 Å². The zero-order chi connectivity index (χ0) is 28.2. The van der Waals surface area contributed by atoms with Crippen molar-refractivity contribution in [1.82, 2.24) is 39.8 Å². The molecule has 4 heterocycles. The van der Waals surface area contributed by atoms with Gasteiger partial charge in [-0.1, -0.05) is 16.9 Å². The summed E-state index contributed by atoms with van der Waals surface area (Å²) in [4.78, 5) is 49.4. The Labute approximate surface area is 240 Å². The summed E-state index contributed by atoms with van der Waals surface area (Å²) in [5.41, 5.74) is 11.5. The molecule has 1 saturated heterocycles. The quantitative estimate of drug-likeness (QED) is 0.104. The Bertz CT molecular complexity index is 1340. The first-order valence-corrected chi connectivity index (χ1v) is 15.3. The van der Waals surface area contributed by atoms with Crippen molar-refractivity contribution in [2.75, 3.05) is 23.8 Å². The minimum Gasteiger partial charge on any atom is -0.477 e. The zero-order valence-corrected chi connectivity index (χ0v) is 23.6. The third-order valence-electron chi connectivity index (χ3n) is 6.45. The number of nitrogen functional groups attached to an aromatic ring is 1. The van der Waals surface area contributed by atoms with Gasteiger partial charge < -0.3 is 26.7 Å². The fourth-order valence-electron chi connectivity index (χ4n) is 4.47. The standard InChI is InChI=1S/C21H27N11O5S3/c22-6-3-7-31-21(26-29-30-31)39-9-10-8-38-18-13(17(34)32(18)14(10)19(35)36)24-16(33)12(15-25-20(23)40-28-15)27-37-11-4-1-2-5-11/h11,13,18H,1-9,22H2,(H,24,33)(H,35,36)(H2,23,25,28)/b27-12+. The van der Waals surface area contributed by atoms with Crippen LogP contribution in [0.25, 0.3) is 0 Å². The number of oxime groups is 1. The topological polar surface area (TPSA) is 230 Å². The van der Waals surface area contributed by atoms with E-state index in [0.717, 1.165) is 37.2 Å². The lowest BCUT2D eigenvalue weighted by molar-refractivity contribution is -0.150. The van der Waals surface area contributed by atoms with Gasteiger partial charge in [0, 0.05) is 29.6 Å². The average molecular weight is 610 g/mol. The molecule has 5 rings (SSSR count). The molecule has 214 valence electrons. The van der Waals surface area contributed by atoms with Gasteiger partial charge >= 0.3 is 5.97 Å².